The zero-order chi connectivity index (χ0) is 11.5. The first-order valence-electron chi connectivity index (χ1n) is 4.81. The van der Waals surface area contributed by atoms with E-state index in [0.717, 1.165) is 11.1 Å². The molecule has 0 radical (unpaired) electrons. The van der Waals surface area contributed by atoms with Crippen LogP contribution >= 0.6 is 23.2 Å². The molecule has 0 aliphatic carbocycles. The van der Waals surface area contributed by atoms with Crippen molar-refractivity contribution in [3.63, 3.8) is 0 Å². The second kappa shape index (κ2) is 4.86. The fourth-order valence-electron chi connectivity index (χ4n) is 1.56. The minimum atomic E-state index is -0.562. The number of hydrogen-bond acceptors (Lipinski definition) is 0. The molecule has 0 N–H and O–H groups in total. The third kappa shape index (κ3) is 2.21. The monoisotopic (exact) mass is 254 g/mol. The summed E-state index contributed by atoms with van der Waals surface area (Å²) in [6.07, 6.45) is 0. The Labute approximate surface area is 104 Å². The summed E-state index contributed by atoms with van der Waals surface area (Å²) in [7, 11) is 0. The van der Waals surface area contributed by atoms with Gasteiger partial charge < -0.3 is 0 Å². The number of rotatable bonds is 2. The molecule has 0 amide bonds. The Bertz CT molecular complexity index is 509. The van der Waals surface area contributed by atoms with Crippen molar-refractivity contribution in [3.8, 4) is 11.1 Å². The van der Waals surface area contributed by atoms with Crippen LogP contribution in [0.1, 0.15) is 5.56 Å². The Morgan fingerprint density at radius 3 is 2.44 bits per heavy atom. The van der Waals surface area contributed by atoms with Crippen LogP contribution in [0.15, 0.2) is 42.5 Å². The summed E-state index contributed by atoms with van der Waals surface area (Å²) in [5.41, 5.74) is 2.20. The third-order valence-electron chi connectivity index (χ3n) is 2.36. The van der Waals surface area contributed by atoms with Crippen LogP contribution in [0.2, 0.25) is 10.0 Å². The molecule has 0 aromatic heterocycles. The molecule has 82 valence electrons. The maximum Gasteiger partial charge on any atom is 0.116 e. The summed E-state index contributed by atoms with van der Waals surface area (Å²) in [6.45, 7) is -0.562. The van der Waals surface area contributed by atoms with Crippen molar-refractivity contribution in [2.24, 2.45) is 0 Å². The van der Waals surface area contributed by atoms with Gasteiger partial charge in [-0.05, 0) is 17.7 Å². The molecule has 2 aromatic carbocycles. The van der Waals surface area contributed by atoms with Crippen molar-refractivity contribution in [1.82, 2.24) is 0 Å². The Balaban J connectivity index is 2.56. The summed E-state index contributed by atoms with van der Waals surface area (Å²) >= 11 is 12.0. The van der Waals surface area contributed by atoms with E-state index in [9.17, 15) is 4.39 Å². The van der Waals surface area contributed by atoms with Gasteiger partial charge >= 0.3 is 0 Å². The van der Waals surface area contributed by atoms with E-state index < -0.39 is 6.67 Å². The summed E-state index contributed by atoms with van der Waals surface area (Å²) in [4.78, 5) is 0. The maximum atomic E-state index is 12.7. The Kier molecular flexibility index (Phi) is 3.47. The predicted molar refractivity (Wildman–Crippen MR) is 66.7 cm³/mol. The van der Waals surface area contributed by atoms with Gasteiger partial charge in [0.25, 0.3) is 0 Å². The van der Waals surface area contributed by atoms with Crippen LogP contribution < -0.4 is 0 Å². The molecule has 0 atom stereocenters. The largest absolute Gasteiger partial charge is 0.246 e. The maximum absolute atomic E-state index is 12.7. The highest BCUT2D eigenvalue weighted by atomic mass is 35.5. The second-order valence-electron chi connectivity index (χ2n) is 3.42. The molecule has 2 rings (SSSR count). The molecule has 0 saturated carbocycles. The molecule has 0 bridgehead atoms. The van der Waals surface area contributed by atoms with Gasteiger partial charge in [-0.25, -0.2) is 4.39 Å². The second-order valence-corrected chi connectivity index (χ2v) is 4.24. The van der Waals surface area contributed by atoms with Crippen molar-refractivity contribution in [3.05, 3.63) is 58.1 Å². The molecular weight excluding hydrogens is 246 g/mol. The first-order valence-corrected chi connectivity index (χ1v) is 5.57. The standard InChI is InChI=1S/C13H9Cl2F/c14-11-5-1-3-9(7-11)12-6-2-4-10(8-16)13(12)15/h1-7H,8H2. The van der Waals surface area contributed by atoms with Crippen molar-refractivity contribution < 1.29 is 4.39 Å². The summed E-state index contributed by atoms with van der Waals surface area (Å²) in [5.74, 6) is 0. The van der Waals surface area contributed by atoms with Gasteiger partial charge in [-0.1, -0.05) is 53.5 Å². The minimum absolute atomic E-state index is 0.451. The van der Waals surface area contributed by atoms with Gasteiger partial charge in [-0.2, -0.15) is 0 Å². The lowest BCUT2D eigenvalue weighted by atomic mass is 10.0. The number of benzene rings is 2. The van der Waals surface area contributed by atoms with E-state index in [1.54, 1.807) is 18.2 Å². The topological polar surface area (TPSA) is 0 Å². The van der Waals surface area contributed by atoms with E-state index in [-0.39, 0.29) is 0 Å². The van der Waals surface area contributed by atoms with E-state index in [0.29, 0.717) is 15.6 Å². The highest BCUT2D eigenvalue weighted by molar-refractivity contribution is 6.34. The molecular formula is C13H9Cl2F. The molecule has 16 heavy (non-hydrogen) atoms. The van der Waals surface area contributed by atoms with Crippen LogP contribution in [0.25, 0.3) is 11.1 Å². The smallest absolute Gasteiger partial charge is 0.116 e. The van der Waals surface area contributed by atoms with Gasteiger partial charge in [-0.15, -0.1) is 0 Å². The molecule has 0 unspecified atom stereocenters. The lowest BCUT2D eigenvalue weighted by Crippen LogP contribution is -1.85. The normalized spacial score (nSPS) is 10.4. The zero-order valence-electron chi connectivity index (χ0n) is 8.38. The van der Waals surface area contributed by atoms with Crippen LogP contribution in [-0.4, -0.2) is 0 Å². The number of halogens is 3. The first kappa shape index (κ1) is 11.4. The van der Waals surface area contributed by atoms with Gasteiger partial charge in [0, 0.05) is 16.1 Å². The summed E-state index contributed by atoms with van der Waals surface area (Å²) in [6, 6.07) is 12.7. The zero-order valence-corrected chi connectivity index (χ0v) is 9.89. The highest BCUT2D eigenvalue weighted by Crippen LogP contribution is 2.32. The van der Waals surface area contributed by atoms with Crippen LogP contribution in [0.3, 0.4) is 0 Å². The average molecular weight is 255 g/mol. The Hall–Kier alpha value is -1.05. The number of hydrogen-bond donors (Lipinski definition) is 0. The average Bonchev–Trinajstić information content (AvgIpc) is 2.29. The minimum Gasteiger partial charge on any atom is -0.246 e. The van der Waals surface area contributed by atoms with Crippen LogP contribution in [-0.2, 0) is 6.67 Å². The van der Waals surface area contributed by atoms with E-state index in [4.69, 9.17) is 23.2 Å². The molecule has 2 aromatic rings. The van der Waals surface area contributed by atoms with Crippen LogP contribution in [0, 0.1) is 0 Å². The summed E-state index contributed by atoms with van der Waals surface area (Å²) in [5, 5.41) is 1.09. The van der Waals surface area contributed by atoms with Gasteiger partial charge in [0.05, 0.1) is 5.02 Å². The fraction of sp³-hybridized carbons (Fsp3) is 0.0769. The SMILES string of the molecule is FCc1cccc(-c2cccc(Cl)c2)c1Cl. The molecule has 0 saturated heterocycles. The van der Waals surface area contributed by atoms with Gasteiger partial charge in [0.2, 0.25) is 0 Å². The van der Waals surface area contributed by atoms with Gasteiger partial charge in [0.1, 0.15) is 6.67 Å². The molecule has 0 fully saturated rings. The predicted octanol–water partition coefficient (Wildman–Crippen LogP) is 5.13. The Morgan fingerprint density at radius 1 is 1.00 bits per heavy atom. The molecule has 0 nitrogen and oxygen atoms in total. The molecule has 0 spiro atoms. The first-order chi connectivity index (χ1) is 7.72. The third-order valence-corrected chi connectivity index (χ3v) is 3.04. The van der Waals surface area contributed by atoms with E-state index in [1.807, 2.05) is 24.3 Å². The Morgan fingerprint density at radius 2 is 1.75 bits per heavy atom. The summed E-state index contributed by atoms with van der Waals surface area (Å²) < 4.78 is 12.7. The van der Waals surface area contributed by atoms with E-state index >= 15 is 0 Å². The van der Waals surface area contributed by atoms with Crippen molar-refractivity contribution in [1.29, 1.82) is 0 Å². The molecule has 0 heterocycles. The quantitative estimate of drug-likeness (QED) is 0.697. The molecule has 3 heteroatoms. The van der Waals surface area contributed by atoms with Crippen molar-refractivity contribution >= 4 is 23.2 Å². The van der Waals surface area contributed by atoms with Crippen molar-refractivity contribution in [2.75, 3.05) is 0 Å². The van der Waals surface area contributed by atoms with Crippen molar-refractivity contribution in [2.45, 2.75) is 6.67 Å². The molecule has 0 aliphatic rings. The van der Waals surface area contributed by atoms with Crippen LogP contribution in [0.5, 0.6) is 0 Å². The van der Waals surface area contributed by atoms with Gasteiger partial charge in [0.15, 0.2) is 0 Å². The van der Waals surface area contributed by atoms with Crippen LogP contribution in [0.4, 0.5) is 4.39 Å². The fourth-order valence-corrected chi connectivity index (χ4v) is 2.04. The lowest BCUT2D eigenvalue weighted by molar-refractivity contribution is 0.485. The number of alkyl halides is 1. The van der Waals surface area contributed by atoms with E-state index in [1.165, 1.54) is 0 Å². The van der Waals surface area contributed by atoms with Gasteiger partial charge in [-0.3, -0.25) is 0 Å². The van der Waals surface area contributed by atoms with E-state index in [2.05, 4.69) is 0 Å². The molecule has 0 aliphatic heterocycles. The highest BCUT2D eigenvalue weighted by Gasteiger charge is 2.07. The lowest BCUT2D eigenvalue weighted by Gasteiger charge is -2.07.